The van der Waals surface area contributed by atoms with E-state index in [9.17, 15) is 0 Å². The van der Waals surface area contributed by atoms with Crippen molar-refractivity contribution in [2.75, 3.05) is 13.2 Å². The van der Waals surface area contributed by atoms with Crippen LogP contribution in [-0.2, 0) is 0 Å². The molecule has 0 aliphatic rings. The molecular weight excluding hydrogens is 192 g/mol. The molecule has 0 aliphatic carbocycles. The summed E-state index contributed by atoms with van der Waals surface area (Å²) in [6.07, 6.45) is 0.813. The monoisotopic (exact) mass is 210 g/mol. The van der Waals surface area contributed by atoms with E-state index in [2.05, 4.69) is 0 Å². The molecule has 1 N–H and O–H groups in total. The quantitative estimate of drug-likeness (QED) is 0.732. The Kier molecular flexibility index (Phi) is 4.98. The van der Waals surface area contributed by atoms with Crippen molar-refractivity contribution >= 4 is 0 Å². The van der Waals surface area contributed by atoms with Gasteiger partial charge in [0.25, 0.3) is 0 Å². The third-order valence-corrected chi connectivity index (χ3v) is 1.75. The topological polar surface area (TPSA) is 38.7 Å². The molecular formula is C12H18O3. The minimum atomic E-state index is 0.155. The highest BCUT2D eigenvalue weighted by Crippen LogP contribution is 2.20. The van der Waals surface area contributed by atoms with Crippen LogP contribution >= 0.6 is 0 Å². The summed E-state index contributed by atoms with van der Waals surface area (Å²) in [4.78, 5) is 0. The maximum Gasteiger partial charge on any atom is 0.123 e. The zero-order valence-corrected chi connectivity index (χ0v) is 9.27. The second kappa shape index (κ2) is 6.30. The van der Waals surface area contributed by atoms with Crippen molar-refractivity contribution in [1.82, 2.24) is 0 Å². The number of aliphatic hydroxyl groups excluding tert-OH is 1. The van der Waals surface area contributed by atoms with Crippen molar-refractivity contribution in [3.8, 4) is 11.5 Å². The van der Waals surface area contributed by atoms with Gasteiger partial charge in [-0.05, 0) is 26.0 Å². The van der Waals surface area contributed by atoms with Crippen LogP contribution < -0.4 is 9.47 Å². The van der Waals surface area contributed by atoms with Crippen molar-refractivity contribution in [2.24, 2.45) is 0 Å². The van der Waals surface area contributed by atoms with Crippen LogP contribution in [0.25, 0.3) is 0 Å². The van der Waals surface area contributed by atoms with Gasteiger partial charge in [0, 0.05) is 19.1 Å². The molecule has 0 fully saturated rings. The Morgan fingerprint density at radius 2 is 2.00 bits per heavy atom. The van der Waals surface area contributed by atoms with Gasteiger partial charge in [0.15, 0.2) is 0 Å². The maximum absolute atomic E-state index is 8.61. The van der Waals surface area contributed by atoms with E-state index in [0.717, 1.165) is 11.5 Å². The first-order valence-corrected chi connectivity index (χ1v) is 5.22. The number of rotatable bonds is 6. The van der Waals surface area contributed by atoms with E-state index in [1.807, 2.05) is 38.1 Å². The van der Waals surface area contributed by atoms with Gasteiger partial charge in [-0.3, -0.25) is 0 Å². The molecule has 0 radical (unpaired) electrons. The number of benzene rings is 1. The minimum Gasteiger partial charge on any atom is -0.493 e. The molecule has 0 aliphatic heterocycles. The predicted octanol–water partition coefficient (Wildman–Crippen LogP) is 2.24. The van der Waals surface area contributed by atoms with Crippen LogP contribution in [0.15, 0.2) is 24.3 Å². The highest BCUT2D eigenvalue weighted by Gasteiger charge is 1.99. The highest BCUT2D eigenvalue weighted by molar-refractivity contribution is 5.32. The second-order valence-electron chi connectivity index (χ2n) is 3.57. The van der Waals surface area contributed by atoms with Gasteiger partial charge in [0.05, 0.1) is 12.7 Å². The molecule has 0 aromatic heterocycles. The van der Waals surface area contributed by atoms with E-state index in [1.165, 1.54) is 0 Å². The second-order valence-corrected chi connectivity index (χ2v) is 3.57. The number of hydrogen-bond donors (Lipinski definition) is 1. The van der Waals surface area contributed by atoms with Crippen molar-refractivity contribution in [2.45, 2.75) is 26.4 Å². The van der Waals surface area contributed by atoms with E-state index in [1.54, 1.807) is 0 Å². The normalized spacial score (nSPS) is 10.4. The fourth-order valence-corrected chi connectivity index (χ4v) is 1.16. The van der Waals surface area contributed by atoms with Crippen LogP contribution in [0.2, 0.25) is 0 Å². The number of ether oxygens (including phenoxy) is 2. The van der Waals surface area contributed by atoms with Crippen LogP contribution in [0.4, 0.5) is 0 Å². The lowest BCUT2D eigenvalue weighted by atomic mass is 10.3. The predicted molar refractivity (Wildman–Crippen MR) is 59.4 cm³/mol. The zero-order chi connectivity index (χ0) is 11.1. The van der Waals surface area contributed by atoms with E-state index in [-0.39, 0.29) is 12.7 Å². The molecule has 3 nitrogen and oxygen atoms in total. The highest BCUT2D eigenvalue weighted by atomic mass is 16.5. The lowest BCUT2D eigenvalue weighted by Crippen LogP contribution is -2.05. The molecule has 1 rings (SSSR count). The van der Waals surface area contributed by atoms with Gasteiger partial charge in [-0.25, -0.2) is 0 Å². The molecule has 0 bridgehead atoms. The van der Waals surface area contributed by atoms with E-state index < -0.39 is 0 Å². The van der Waals surface area contributed by atoms with Crippen LogP contribution in [0, 0.1) is 0 Å². The van der Waals surface area contributed by atoms with E-state index >= 15 is 0 Å². The molecule has 0 unspecified atom stereocenters. The smallest absolute Gasteiger partial charge is 0.123 e. The first kappa shape index (κ1) is 11.9. The molecule has 0 atom stereocenters. The van der Waals surface area contributed by atoms with Crippen LogP contribution in [0.5, 0.6) is 11.5 Å². The summed E-state index contributed by atoms with van der Waals surface area (Å²) < 4.78 is 11.0. The minimum absolute atomic E-state index is 0.155. The van der Waals surface area contributed by atoms with Crippen LogP contribution in [0.3, 0.4) is 0 Å². The summed E-state index contributed by atoms with van der Waals surface area (Å²) in [5.41, 5.74) is 0. The van der Waals surface area contributed by atoms with Gasteiger partial charge in [-0.1, -0.05) is 6.07 Å². The van der Waals surface area contributed by atoms with Crippen molar-refractivity contribution in [1.29, 1.82) is 0 Å². The van der Waals surface area contributed by atoms with Crippen LogP contribution in [0.1, 0.15) is 20.3 Å². The number of hydrogen-bond acceptors (Lipinski definition) is 3. The standard InChI is InChI=1S/C12H18O3/c1-10(2)15-12-6-3-5-11(9-12)14-8-4-7-13/h3,5-6,9-10,13H,4,7-8H2,1-2H3. The Morgan fingerprint density at radius 1 is 1.27 bits per heavy atom. The fourth-order valence-electron chi connectivity index (χ4n) is 1.16. The fraction of sp³-hybridized carbons (Fsp3) is 0.500. The molecule has 1 aromatic carbocycles. The van der Waals surface area contributed by atoms with Crippen molar-refractivity contribution in [3.63, 3.8) is 0 Å². The van der Waals surface area contributed by atoms with E-state index in [4.69, 9.17) is 14.6 Å². The summed E-state index contributed by atoms with van der Waals surface area (Å²) >= 11 is 0. The Labute approximate surface area is 90.6 Å². The van der Waals surface area contributed by atoms with Crippen LogP contribution in [-0.4, -0.2) is 24.4 Å². The van der Waals surface area contributed by atoms with Gasteiger partial charge in [-0.15, -0.1) is 0 Å². The Morgan fingerprint density at radius 3 is 2.67 bits per heavy atom. The summed E-state index contributed by atoms with van der Waals surface area (Å²) in [7, 11) is 0. The van der Waals surface area contributed by atoms with Gasteiger partial charge in [0.2, 0.25) is 0 Å². The molecule has 0 spiro atoms. The Bertz CT molecular complexity index is 284. The summed E-state index contributed by atoms with van der Waals surface area (Å²) in [6.45, 7) is 4.66. The first-order valence-electron chi connectivity index (χ1n) is 5.22. The molecule has 0 saturated heterocycles. The molecule has 0 amide bonds. The third kappa shape index (κ3) is 4.70. The number of aliphatic hydroxyl groups is 1. The molecule has 15 heavy (non-hydrogen) atoms. The largest absolute Gasteiger partial charge is 0.493 e. The van der Waals surface area contributed by atoms with Gasteiger partial charge in [0.1, 0.15) is 11.5 Å². The summed E-state index contributed by atoms with van der Waals surface area (Å²) in [6, 6.07) is 7.53. The molecule has 1 aromatic rings. The Hall–Kier alpha value is -1.22. The zero-order valence-electron chi connectivity index (χ0n) is 9.27. The Balaban J connectivity index is 2.50. The molecule has 0 heterocycles. The van der Waals surface area contributed by atoms with E-state index in [0.29, 0.717) is 13.0 Å². The maximum atomic E-state index is 8.61. The van der Waals surface area contributed by atoms with Gasteiger partial charge in [-0.2, -0.15) is 0 Å². The SMILES string of the molecule is CC(C)Oc1cccc(OCCCO)c1. The lowest BCUT2D eigenvalue weighted by molar-refractivity contribution is 0.228. The molecule has 0 saturated carbocycles. The average molecular weight is 210 g/mol. The average Bonchev–Trinajstić information content (AvgIpc) is 2.18. The third-order valence-electron chi connectivity index (χ3n) is 1.75. The molecule has 84 valence electrons. The van der Waals surface area contributed by atoms with Crippen molar-refractivity contribution < 1.29 is 14.6 Å². The summed E-state index contributed by atoms with van der Waals surface area (Å²) in [5, 5.41) is 8.61. The van der Waals surface area contributed by atoms with Gasteiger partial charge >= 0.3 is 0 Å². The van der Waals surface area contributed by atoms with Crippen molar-refractivity contribution in [3.05, 3.63) is 24.3 Å². The molecule has 3 heteroatoms. The lowest BCUT2D eigenvalue weighted by Gasteiger charge is -2.11. The first-order chi connectivity index (χ1) is 7.22. The van der Waals surface area contributed by atoms with Gasteiger partial charge < -0.3 is 14.6 Å². The summed E-state index contributed by atoms with van der Waals surface area (Å²) in [5.74, 6) is 1.59.